The molecule has 1 fully saturated rings. The molecule has 1 aliphatic rings. The average molecular weight is 322 g/mol. The van der Waals surface area contributed by atoms with Gasteiger partial charge in [0.15, 0.2) is 0 Å². The highest BCUT2D eigenvalue weighted by atomic mass is 15.0. The number of para-hydroxylation sites is 1. The van der Waals surface area contributed by atoms with E-state index in [1.165, 1.54) is 34.6 Å². The van der Waals surface area contributed by atoms with Crippen LogP contribution in [0.5, 0.6) is 0 Å². The van der Waals surface area contributed by atoms with E-state index in [1.807, 2.05) is 6.20 Å². The third kappa shape index (κ3) is 3.04. The quantitative estimate of drug-likeness (QED) is 0.625. The number of hydrogen-bond donors (Lipinski definition) is 2. The molecule has 0 radical (unpaired) electrons. The molecule has 3 aromatic rings. The summed E-state index contributed by atoms with van der Waals surface area (Å²) in [7, 11) is 0. The summed E-state index contributed by atoms with van der Waals surface area (Å²) in [5.74, 6) is 0.842. The third-order valence-electron chi connectivity index (χ3n) is 4.99. The highest BCUT2D eigenvalue weighted by molar-refractivity contribution is 6.08. The molecular formula is C20H26N4. The number of benzene rings is 1. The number of nitrogens with two attached hydrogens (primary N) is 1. The van der Waals surface area contributed by atoms with E-state index in [0.29, 0.717) is 0 Å². The number of nitrogens with zero attached hydrogens (tertiary/aromatic N) is 2. The van der Waals surface area contributed by atoms with Gasteiger partial charge in [0.25, 0.3) is 0 Å². The monoisotopic (exact) mass is 322 g/mol. The number of fused-ring (bicyclic) bond motifs is 3. The summed E-state index contributed by atoms with van der Waals surface area (Å²) in [6, 6.07) is 10.9. The zero-order valence-electron chi connectivity index (χ0n) is 14.2. The molecule has 3 N–H and O–H groups in total. The van der Waals surface area contributed by atoms with E-state index in [1.54, 1.807) is 0 Å². The van der Waals surface area contributed by atoms with Crippen molar-refractivity contribution in [3.8, 4) is 0 Å². The number of nitrogens with one attached hydrogen (secondary N) is 1. The Labute approximate surface area is 143 Å². The fraction of sp³-hybridized carbons (Fsp3) is 0.450. The van der Waals surface area contributed by atoms with Crippen LogP contribution in [-0.2, 0) is 13.1 Å². The second kappa shape index (κ2) is 6.91. The van der Waals surface area contributed by atoms with Crippen LogP contribution in [0.3, 0.4) is 0 Å². The number of unbranched alkanes of at least 4 members (excludes halogenated alkanes) is 1. The van der Waals surface area contributed by atoms with Gasteiger partial charge in [-0.15, -0.1) is 0 Å². The summed E-state index contributed by atoms with van der Waals surface area (Å²) in [5.41, 5.74) is 9.39. The molecule has 4 nitrogen and oxygen atoms in total. The summed E-state index contributed by atoms with van der Waals surface area (Å²) in [6.45, 7) is 3.71. The van der Waals surface area contributed by atoms with E-state index in [0.717, 1.165) is 50.6 Å². The molecule has 1 aromatic carbocycles. The fourth-order valence-corrected chi connectivity index (χ4v) is 3.55. The first-order valence-corrected chi connectivity index (χ1v) is 9.14. The van der Waals surface area contributed by atoms with Gasteiger partial charge in [0.2, 0.25) is 0 Å². The molecule has 0 bridgehead atoms. The van der Waals surface area contributed by atoms with Crippen molar-refractivity contribution in [2.24, 2.45) is 11.7 Å². The standard InChI is InChI=1S/C20H26N4/c21-10-3-4-11-22-13-18-20-17(9-12-23-18)16-5-1-2-6-19(16)24(20)14-15-7-8-15/h1-2,5-6,9,12,15,22H,3-4,7-8,10-11,13-14,21H2. The van der Waals surface area contributed by atoms with Gasteiger partial charge >= 0.3 is 0 Å². The smallest absolute Gasteiger partial charge is 0.0784 e. The molecule has 0 atom stereocenters. The number of hydrogen-bond acceptors (Lipinski definition) is 3. The lowest BCUT2D eigenvalue weighted by Gasteiger charge is -2.10. The molecule has 1 aliphatic carbocycles. The second-order valence-corrected chi connectivity index (χ2v) is 6.90. The Hall–Kier alpha value is -1.91. The van der Waals surface area contributed by atoms with E-state index in [4.69, 9.17) is 10.7 Å². The lowest BCUT2D eigenvalue weighted by atomic mass is 10.1. The predicted octanol–water partition coefficient (Wildman–Crippen LogP) is 3.43. The molecule has 0 aliphatic heterocycles. The van der Waals surface area contributed by atoms with Gasteiger partial charge in [-0.05, 0) is 56.8 Å². The van der Waals surface area contributed by atoms with Crippen molar-refractivity contribution in [2.75, 3.05) is 13.1 Å². The lowest BCUT2D eigenvalue weighted by Crippen LogP contribution is -2.17. The summed E-state index contributed by atoms with van der Waals surface area (Å²) < 4.78 is 2.51. The van der Waals surface area contributed by atoms with Gasteiger partial charge in [0.05, 0.1) is 11.2 Å². The van der Waals surface area contributed by atoms with Crippen molar-refractivity contribution in [2.45, 2.75) is 38.8 Å². The van der Waals surface area contributed by atoms with Crippen molar-refractivity contribution in [1.29, 1.82) is 0 Å². The fourth-order valence-electron chi connectivity index (χ4n) is 3.55. The first-order chi connectivity index (χ1) is 11.9. The Morgan fingerprint density at radius 3 is 2.83 bits per heavy atom. The maximum Gasteiger partial charge on any atom is 0.0784 e. The summed E-state index contributed by atoms with van der Waals surface area (Å²) in [6.07, 6.45) is 6.87. The number of pyridine rings is 1. The van der Waals surface area contributed by atoms with E-state index in [2.05, 4.69) is 40.2 Å². The molecule has 0 spiro atoms. The Morgan fingerprint density at radius 1 is 1.12 bits per heavy atom. The van der Waals surface area contributed by atoms with Crippen LogP contribution in [0.4, 0.5) is 0 Å². The maximum atomic E-state index is 5.57. The Bertz CT molecular complexity index is 832. The topological polar surface area (TPSA) is 55.9 Å². The first-order valence-electron chi connectivity index (χ1n) is 9.14. The molecule has 4 heteroatoms. The highest BCUT2D eigenvalue weighted by Crippen LogP contribution is 2.36. The minimum atomic E-state index is 0.769. The number of rotatable bonds is 8. The Balaban J connectivity index is 1.71. The van der Waals surface area contributed by atoms with Gasteiger partial charge in [0.1, 0.15) is 0 Å². The van der Waals surface area contributed by atoms with Crippen LogP contribution >= 0.6 is 0 Å². The van der Waals surface area contributed by atoms with Gasteiger partial charge < -0.3 is 15.6 Å². The molecule has 0 saturated heterocycles. The molecule has 2 aromatic heterocycles. The molecular weight excluding hydrogens is 296 g/mol. The second-order valence-electron chi connectivity index (χ2n) is 6.90. The van der Waals surface area contributed by atoms with Crippen LogP contribution in [-0.4, -0.2) is 22.6 Å². The van der Waals surface area contributed by atoms with Gasteiger partial charge in [0, 0.05) is 35.6 Å². The normalized spacial score (nSPS) is 14.7. The molecule has 4 rings (SSSR count). The minimum Gasteiger partial charge on any atom is -0.339 e. The van der Waals surface area contributed by atoms with Gasteiger partial charge in [-0.1, -0.05) is 18.2 Å². The van der Waals surface area contributed by atoms with Crippen molar-refractivity contribution in [3.05, 3.63) is 42.2 Å². The molecule has 126 valence electrons. The molecule has 0 unspecified atom stereocenters. The molecule has 1 saturated carbocycles. The zero-order valence-corrected chi connectivity index (χ0v) is 14.2. The largest absolute Gasteiger partial charge is 0.339 e. The average Bonchev–Trinajstić information content (AvgIpc) is 3.38. The van der Waals surface area contributed by atoms with Crippen molar-refractivity contribution >= 4 is 21.8 Å². The minimum absolute atomic E-state index is 0.769. The van der Waals surface area contributed by atoms with Gasteiger partial charge in [-0.2, -0.15) is 0 Å². The van der Waals surface area contributed by atoms with E-state index < -0.39 is 0 Å². The van der Waals surface area contributed by atoms with Crippen LogP contribution in [0, 0.1) is 5.92 Å². The van der Waals surface area contributed by atoms with Crippen LogP contribution in [0.1, 0.15) is 31.4 Å². The van der Waals surface area contributed by atoms with Gasteiger partial charge in [-0.25, -0.2) is 0 Å². The predicted molar refractivity (Wildman–Crippen MR) is 100.0 cm³/mol. The van der Waals surface area contributed by atoms with Crippen molar-refractivity contribution in [3.63, 3.8) is 0 Å². The van der Waals surface area contributed by atoms with Crippen LogP contribution < -0.4 is 11.1 Å². The zero-order chi connectivity index (χ0) is 16.4. The highest BCUT2D eigenvalue weighted by Gasteiger charge is 2.24. The molecule has 0 amide bonds. The van der Waals surface area contributed by atoms with E-state index in [9.17, 15) is 0 Å². The number of aromatic nitrogens is 2. The van der Waals surface area contributed by atoms with E-state index in [-0.39, 0.29) is 0 Å². The van der Waals surface area contributed by atoms with E-state index >= 15 is 0 Å². The molecule has 24 heavy (non-hydrogen) atoms. The Kier molecular flexibility index (Phi) is 4.50. The first kappa shape index (κ1) is 15.6. The van der Waals surface area contributed by atoms with Crippen molar-refractivity contribution in [1.82, 2.24) is 14.9 Å². The third-order valence-corrected chi connectivity index (χ3v) is 4.99. The van der Waals surface area contributed by atoms with Crippen molar-refractivity contribution < 1.29 is 0 Å². The molecule has 2 heterocycles. The maximum absolute atomic E-state index is 5.57. The lowest BCUT2D eigenvalue weighted by molar-refractivity contribution is 0.617. The van der Waals surface area contributed by atoms with Crippen LogP contribution in [0.15, 0.2) is 36.5 Å². The summed E-state index contributed by atoms with van der Waals surface area (Å²) in [4.78, 5) is 4.70. The Morgan fingerprint density at radius 2 is 2.00 bits per heavy atom. The van der Waals surface area contributed by atoms with Crippen LogP contribution in [0.2, 0.25) is 0 Å². The van der Waals surface area contributed by atoms with Crippen LogP contribution in [0.25, 0.3) is 21.8 Å². The van der Waals surface area contributed by atoms with Gasteiger partial charge in [-0.3, -0.25) is 4.98 Å². The SMILES string of the molecule is NCCCCNCc1nccc2c3ccccc3n(CC3CC3)c12. The summed E-state index contributed by atoms with van der Waals surface area (Å²) >= 11 is 0. The summed E-state index contributed by atoms with van der Waals surface area (Å²) in [5, 5.41) is 6.22.